The summed E-state index contributed by atoms with van der Waals surface area (Å²) in [6.07, 6.45) is 0.879. The van der Waals surface area contributed by atoms with Gasteiger partial charge >= 0.3 is 5.97 Å². The van der Waals surface area contributed by atoms with Crippen LogP contribution in [-0.4, -0.2) is 16.8 Å². The van der Waals surface area contributed by atoms with Gasteiger partial charge < -0.3 is 5.11 Å². The van der Waals surface area contributed by atoms with E-state index in [9.17, 15) is 4.79 Å². The predicted molar refractivity (Wildman–Crippen MR) is 61.5 cm³/mol. The van der Waals surface area contributed by atoms with Gasteiger partial charge in [-0.25, -0.2) is 0 Å². The van der Waals surface area contributed by atoms with Gasteiger partial charge in [0, 0.05) is 17.1 Å². The number of hydrogen-bond donors (Lipinski definition) is 1. The van der Waals surface area contributed by atoms with Crippen molar-refractivity contribution in [3.8, 4) is 0 Å². The molecule has 2 rings (SSSR count). The van der Waals surface area contributed by atoms with Gasteiger partial charge in [0.2, 0.25) is 0 Å². The first-order chi connectivity index (χ1) is 7.18. The SMILES string of the molecule is CC1CSc2c(CCC(=O)O)cccc21. The third-order valence-corrected chi connectivity index (χ3v) is 4.20. The lowest BCUT2D eigenvalue weighted by molar-refractivity contribution is -0.136. The molecule has 0 fully saturated rings. The number of fused-ring (bicyclic) bond motifs is 1. The van der Waals surface area contributed by atoms with Crippen LogP contribution in [0.15, 0.2) is 23.1 Å². The largest absolute Gasteiger partial charge is 0.481 e. The lowest BCUT2D eigenvalue weighted by Crippen LogP contribution is -1.99. The number of aliphatic carboxylic acids is 1. The molecule has 15 heavy (non-hydrogen) atoms. The summed E-state index contributed by atoms with van der Waals surface area (Å²) in [6, 6.07) is 6.25. The molecule has 0 saturated heterocycles. The first-order valence-electron chi connectivity index (χ1n) is 5.15. The summed E-state index contributed by atoms with van der Waals surface area (Å²) in [4.78, 5) is 11.9. The molecule has 1 atom stereocenters. The number of aryl methyl sites for hydroxylation is 1. The molecular weight excluding hydrogens is 208 g/mol. The molecule has 0 radical (unpaired) electrons. The molecule has 1 aromatic carbocycles. The van der Waals surface area contributed by atoms with Crippen molar-refractivity contribution in [3.05, 3.63) is 29.3 Å². The summed E-state index contributed by atoms with van der Waals surface area (Å²) in [5.41, 5.74) is 2.59. The van der Waals surface area contributed by atoms with Gasteiger partial charge in [0.05, 0.1) is 0 Å². The quantitative estimate of drug-likeness (QED) is 0.854. The van der Waals surface area contributed by atoms with E-state index in [1.54, 1.807) is 0 Å². The second kappa shape index (κ2) is 4.27. The van der Waals surface area contributed by atoms with Crippen LogP contribution in [0, 0.1) is 0 Å². The van der Waals surface area contributed by atoms with E-state index in [4.69, 9.17) is 5.11 Å². The Morgan fingerprint density at radius 1 is 1.60 bits per heavy atom. The second-order valence-electron chi connectivity index (χ2n) is 3.94. The molecule has 2 nitrogen and oxygen atoms in total. The third-order valence-electron chi connectivity index (χ3n) is 2.74. The maximum absolute atomic E-state index is 10.5. The molecule has 0 aromatic heterocycles. The van der Waals surface area contributed by atoms with Crippen LogP contribution in [0.5, 0.6) is 0 Å². The number of thioether (sulfide) groups is 1. The monoisotopic (exact) mass is 222 g/mol. The predicted octanol–water partition coefficient (Wildman–Crippen LogP) is 2.91. The molecule has 1 N–H and O–H groups in total. The van der Waals surface area contributed by atoms with E-state index in [1.165, 1.54) is 16.0 Å². The molecule has 0 saturated carbocycles. The van der Waals surface area contributed by atoms with Crippen LogP contribution in [-0.2, 0) is 11.2 Å². The van der Waals surface area contributed by atoms with Crippen molar-refractivity contribution in [1.29, 1.82) is 0 Å². The van der Waals surface area contributed by atoms with Crippen molar-refractivity contribution in [2.45, 2.75) is 30.6 Å². The fourth-order valence-corrected chi connectivity index (χ4v) is 3.29. The van der Waals surface area contributed by atoms with E-state index < -0.39 is 5.97 Å². The van der Waals surface area contributed by atoms with E-state index in [2.05, 4.69) is 13.0 Å². The molecule has 0 spiro atoms. The molecule has 1 heterocycles. The van der Waals surface area contributed by atoms with Crippen LogP contribution in [0.25, 0.3) is 0 Å². The standard InChI is InChI=1S/C12H14O2S/c1-8-7-15-12-9(5-6-11(13)14)3-2-4-10(8)12/h2-4,8H,5-7H2,1H3,(H,13,14). The highest BCUT2D eigenvalue weighted by atomic mass is 32.2. The number of carboxylic acid groups (broad SMARTS) is 1. The number of benzene rings is 1. The minimum absolute atomic E-state index is 0.228. The normalized spacial score (nSPS) is 18.9. The van der Waals surface area contributed by atoms with Crippen LogP contribution in [0.3, 0.4) is 0 Å². The van der Waals surface area contributed by atoms with Crippen LogP contribution in [0.2, 0.25) is 0 Å². The van der Waals surface area contributed by atoms with Gasteiger partial charge in [0.1, 0.15) is 0 Å². The summed E-state index contributed by atoms with van der Waals surface area (Å²) in [6.45, 7) is 2.22. The van der Waals surface area contributed by atoms with Crippen molar-refractivity contribution in [2.24, 2.45) is 0 Å². The Hall–Kier alpha value is -0.960. The van der Waals surface area contributed by atoms with Crippen LogP contribution in [0.1, 0.15) is 30.4 Å². The van der Waals surface area contributed by atoms with E-state index in [-0.39, 0.29) is 6.42 Å². The molecular formula is C12H14O2S. The van der Waals surface area contributed by atoms with Gasteiger partial charge in [-0.2, -0.15) is 0 Å². The summed E-state index contributed by atoms with van der Waals surface area (Å²) >= 11 is 1.86. The molecule has 1 aliphatic rings. The molecule has 0 bridgehead atoms. The fraction of sp³-hybridized carbons (Fsp3) is 0.417. The Bertz CT molecular complexity index is 387. The van der Waals surface area contributed by atoms with E-state index in [0.717, 1.165) is 5.75 Å². The summed E-state index contributed by atoms with van der Waals surface area (Å²) < 4.78 is 0. The first-order valence-corrected chi connectivity index (χ1v) is 6.13. The zero-order chi connectivity index (χ0) is 10.8. The average Bonchev–Trinajstić information content (AvgIpc) is 2.58. The molecule has 0 amide bonds. The van der Waals surface area contributed by atoms with Gasteiger partial charge in [-0.1, -0.05) is 25.1 Å². The van der Waals surface area contributed by atoms with Crippen molar-refractivity contribution >= 4 is 17.7 Å². The molecule has 0 aliphatic carbocycles. The van der Waals surface area contributed by atoms with Crippen molar-refractivity contribution in [1.82, 2.24) is 0 Å². The highest BCUT2D eigenvalue weighted by Crippen LogP contribution is 2.41. The number of carboxylic acids is 1. The summed E-state index contributed by atoms with van der Waals surface area (Å²) in [7, 11) is 0. The Kier molecular flexibility index (Phi) is 3.00. The summed E-state index contributed by atoms with van der Waals surface area (Å²) in [5.74, 6) is 1.01. The van der Waals surface area contributed by atoms with Gasteiger partial charge in [-0.3, -0.25) is 4.79 Å². The molecule has 1 aliphatic heterocycles. The Morgan fingerprint density at radius 2 is 2.40 bits per heavy atom. The Balaban J connectivity index is 2.22. The topological polar surface area (TPSA) is 37.3 Å². The number of hydrogen-bond acceptors (Lipinski definition) is 2. The highest BCUT2D eigenvalue weighted by molar-refractivity contribution is 7.99. The minimum Gasteiger partial charge on any atom is -0.481 e. The maximum atomic E-state index is 10.5. The highest BCUT2D eigenvalue weighted by Gasteiger charge is 2.21. The van der Waals surface area contributed by atoms with Crippen molar-refractivity contribution in [2.75, 3.05) is 5.75 Å². The molecule has 80 valence electrons. The molecule has 3 heteroatoms. The van der Waals surface area contributed by atoms with Gasteiger partial charge in [0.15, 0.2) is 0 Å². The van der Waals surface area contributed by atoms with Crippen LogP contribution < -0.4 is 0 Å². The first kappa shape index (κ1) is 10.6. The lowest BCUT2D eigenvalue weighted by Gasteiger charge is -2.07. The van der Waals surface area contributed by atoms with Crippen molar-refractivity contribution in [3.63, 3.8) is 0 Å². The Labute approximate surface area is 93.7 Å². The van der Waals surface area contributed by atoms with Gasteiger partial charge in [-0.05, 0) is 23.5 Å². The van der Waals surface area contributed by atoms with E-state index in [0.29, 0.717) is 12.3 Å². The van der Waals surface area contributed by atoms with E-state index >= 15 is 0 Å². The van der Waals surface area contributed by atoms with Gasteiger partial charge in [0.25, 0.3) is 0 Å². The zero-order valence-corrected chi connectivity index (χ0v) is 9.51. The smallest absolute Gasteiger partial charge is 0.303 e. The average molecular weight is 222 g/mol. The van der Waals surface area contributed by atoms with Crippen LogP contribution in [0.4, 0.5) is 0 Å². The fourth-order valence-electron chi connectivity index (χ4n) is 1.91. The zero-order valence-electron chi connectivity index (χ0n) is 8.69. The third kappa shape index (κ3) is 2.17. The molecule has 1 unspecified atom stereocenters. The second-order valence-corrected chi connectivity index (χ2v) is 4.97. The van der Waals surface area contributed by atoms with Gasteiger partial charge in [-0.15, -0.1) is 11.8 Å². The van der Waals surface area contributed by atoms with Crippen LogP contribution >= 0.6 is 11.8 Å². The number of rotatable bonds is 3. The van der Waals surface area contributed by atoms with E-state index in [1.807, 2.05) is 23.9 Å². The lowest BCUT2D eigenvalue weighted by atomic mass is 9.99. The van der Waals surface area contributed by atoms with Crippen molar-refractivity contribution < 1.29 is 9.90 Å². The minimum atomic E-state index is -0.719. The number of carbonyl (C=O) groups is 1. The Morgan fingerprint density at radius 3 is 3.13 bits per heavy atom. The molecule has 1 aromatic rings. The summed E-state index contributed by atoms with van der Waals surface area (Å²) in [5, 5.41) is 8.67. The maximum Gasteiger partial charge on any atom is 0.303 e.